The Morgan fingerprint density at radius 3 is 2.32 bits per heavy atom. The van der Waals surface area contributed by atoms with Crippen LogP contribution in [0.3, 0.4) is 0 Å². The minimum atomic E-state index is -1.82. The highest BCUT2D eigenvalue weighted by Crippen LogP contribution is 2.19. The van der Waals surface area contributed by atoms with Crippen LogP contribution in [-0.4, -0.2) is 72.4 Å². The molecule has 2 fully saturated rings. The summed E-state index contributed by atoms with van der Waals surface area (Å²) >= 11 is 0. The number of aliphatic carboxylic acids is 2. The van der Waals surface area contributed by atoms with Crippen LogP contribution in [0.5, 0.6) is 0 Å². The van der Waals surface area contributed by atoms with Crippen LogP contribution in [0.1, 0.15) is 25.7 Å². The summed E-state index contributed by atoms with van der Waals surface area (Å²) in [6.07, 6.45) is 4.75. The van der Waals surface area contributed by atoms with Crippen LogP contribution in [0.25, 0.3) is 0 Å². The third-order valence-electron chi connectivity index (χ3n) is 3.50. The monoisotopic (exact) mass is 316 g/mol. The van der Waals surface area contributed by atoms with E-state index in [1.807, 2.05) is 0 Å². The fourth-order valence-electron chi connectivity index (χ4n) is 2.37. The second kappa shape index (κ2) is 9.37. The SMILES string of the molecule is COCC1CCCN(CC(=O)NC2CC2)C1.O=C(O)C(=O)O. The Bertz CT molecular complexity index is 383. The molecule has 0 aromatic carbocycles. The number of ether oxygens (including phenoxy) is 1. The predicted molar refractivity (Wildman–Crippen MR) is 77.5 cm³/mol. The molecule has 1 saturated heterocycles. The molecule has 2 aliphatic rings. The summed E-state index contributed by atoms with van der Waals surface area (Å²) < 4.78 is 5.18. The lowest BCUT2D eigenvalue weighted by Gasteiger charge is -2.31. The minimum Gasteiger partial charge on any atom is -0.473 e. The van der Waals surface area contributed by atoms with Crippen molar-refractivity contribution in [2.24, 2.45) is 5.92 Å². The summed E-state index contributed by atoms with van der Waals surface area (Å²) in [5.41, 5.74) is 0. The Morgan fingerprint density at radius 2 is 1.82 bits per heavy atom. The first kappa shape index (κ1) is 18.4. The van der Waals surface area contributed by atoms with Gasteiger partial charge in [0.1, 0.15) is 0 Å². The van der Waals surface area contributed by atoms with Crippen LogP contribution >= 0.6 is 0 Å². The lowest BCUT2D eigenvalue weighted by Crippen LogP contribution is -2.43. The molecule has 0 aromatic heterocycles. The molecule has 1 saturated carbocycles. The van der Waals surface area contributed by atoms with Gasteiger partial charge in [-0.15, -0.1) is 0 Å². The molecule has 2 rings (SSSR count). The van der Waals surface area contributed by atoms with Crippen molar-refractivity contribution in [3.8, 4) is 0 Å². The molecule has 1 unspecified atom stereocenters. The van der Waals surface area contributed by atoms with Gasteiger partial charge in [-0.1, -0.05) is 0 Å². The van der Waals surface area contributed by atoms with Crippen LogP contribution in [0, 0.1) is 5.92 Å². The maximum Gasteiger partial charge on any atom is 0.414 e. The van der Waals surface area contributed by atoms with Crippen molar-refractivity contribution < 1.29 is 29.3 Å². The number of hydrogen-bond donors (Lipinski definition) is 3. The van der Waals surface area contributed by atoms with Crippen molar-refractivity contribution in [1.82, 2.24) is 10.2 Å². The van der Waals surface area contributed by atoms with Gasteiger partial charge in [-0.05, 0) is 38.1 Å². The first-order valence-corrected chi connectivity index (χ1v) is 7.39. The third kappa shape index (κ3) is 7.94. The molecule has 0 bridgehead atoms. The fraction of sp³-hybridized carbons (Fsp3) is 0.786. The molecule has 1 amide bonds. The number of rotatable bonds is 5. The van der Waals surface area contributed by atoms with Crippen LogP contribution in [-0.2, 0) is 19.1 Å². The van der Waals surface area contributed by atoms with Crippen molar-refractivity contribution in [1.29, 1.82) is 0 Å². The molecule has 0 radical (unpaired) electrons. The summed E-state index contributed by atoms with van der Waals surface area (Å²) in [6.45, 7) is 3.45. The van der Waals surface area contributed by atoms with Crippen LogP contribution in [0.15, 0.2) is 0 Å². The van der Waals surface area contributed by atoms with Gasteiger partial charge < -0.3 is 20.3 Å². The van der Waals surface area contributed by atoms with Crippen molar-refractivity contribution in [3.05, 3.63) is 0 Å². The highest BCUT2D eigenvalue weighted by atomic mass is 16.5. The molecule has 8 heteroatoms. The Morgan fingerprint density at radius 1 is 1.18 bits per heavy atom. The van der Waals surface area contributed by atoms with E-state index in [0.717, 1.165) is 32.5 Å². The number of amides is 1. The number of methoxy groups -OCH3 is 1. The van der Waals surface area contributed by atoms with Crippen molar-refractivity contribution >= 4 is 17.8 Å². The number of carboxylic acid groups (broad SMARTS) is 2. The molecule has 1 heterocycles. The number of carboxylic acids is 2. The number of nitrogens with zero attached hydrogens (tertiary/aromatic N) is 1. The normalized spacial score (nSPS) is 21.4. The lowest BCUT2D eigenvalue weighted by atomic mass is 9.99. The summed E-state index contributed by atoms with van der Waals surface area (Å²) in [4.78, 5) is 32.1. The molecule has 22 heavy (non-hydrogen) atoms. The number of carbonyl (C=O) groups excluding carboxylic acids is 1. The predicted octanol–water partition coefficient (Wildman–Crippen LogP) is -0.221. The number of hydrogen-bond acceptors (Lipinski definition) is 5. The summed E-state index contributed by atoms with van der Waals surface area (Å²) in [5, 5.41) is 17.8. The minimum absolute atomic E-state index is 0.195. The van der Waals surface area contributed by atoms with E-state index in [0.29, 0.717) is 18.5 Å². The quantitative estimate of drug-likeness (QED) is 0.600. The summed E-state index contributed by atoms with van der Waals surface area (Å²) in [6, 6.07) is 0.479. The van der Waals surface area contributed by atoms with E-state index in [9.17, 15) is 4.79 Å². The number of nitrogens with one attached hydrogen (secondary N) is 1. The largest absolute Gasteiger partial charge is 0.473 e. The molecule has 8 nitrogen and oxygen atoms in total. The molecule has 126 valence electrons. The van der Waals surface area contributed by atoms with Gasteiger partial charge in [0.25, 0.3) is 0 Å². The van der Waals surface area contributed by atoms with Crippen LogP contribution in [0.2, 0.25) is 0 Å². The zero-order valence-electron chi connectivity index (χ0n) is 12.8. The standard InChI is InChI=1S/C12H22N2O2.C2H2O4/c1-16-9-10-3-2-6-14(7-10)8-12(15)13-11-4-5-11;3-1(4)2(5)6/h10-11H,2-9H2,1H3,(H,13,15);(H,3,4)(H,5,6). The Hall–Kier alpha value is -1.67. The molecule has 0 aromatic rings. The first-order chi connectivity index (χ1) is 10.4. The zero-order valence-corrected chi connectivity index (χ0v) is 12.8. The number of carbonyl (C=O) groups is 3. The van der Waals surface area contributed by atoms with E-state index >= 15 is 0 Å². The molecule has 1 aliphatic heterocycles. The number of piperidine rings is 1. The van der Waals surface area contributed by atoms with Gasteiger partial charge >= 0.3 is 11.9 Å². The topological polar surface area (TPSA) is 116 Å². The molecular weight excluding hydrogens is 292 g/mol. The highest BCUT2D eigenvalue weighted by molar-refractivity contribution is 6.27. The maximum absolute atomic E-state index is 11.6. The molecular formula is C14H24N2O6. The summed E-state index contributed by atoms with van der Waals surface area (Å²) in [7, 11) is 1.75. The fourth-order valence-corrected chi connectivity index (χ4v) is 2.37. The average molecular weight is 316 g/mol. The maximum atomic E-state index is 11.6. The molecule has 0 spiro atoms. The second-order valence-electron chi connectivity index (χ2n) is 5.65. The van der Waals surface area contributed by atoms with Gasteiger partial charge in [-0.25, -0.2) is 9.59 Å². The second-order valence-corrected chi connectivity index (χ2v) is 5.65. The van der Waals surface area contributed by atoms with E-state index in [4.69, 9.17) is 24.5 Å². The number of likely N-dealkylation sites (tertiary alicyclic amines) is 1. The van der Waals surface area contributed by atoms with Gasteiger partial charge in [0, 0.05) is 19.7 Å². The highest BCUT2D eigenvalue weighted by Gasteiger charge is 2.26. The van der Waals surface area contributed by atoms with Crippen molar-refractivity contribution in [2.75, 3.05) is 33.4 Å². The van der Waals surface area contributed by atoms with E-state index in [1.165, 1.54) is 12.8 Å². The molecule has 1 aliphatic carbocycles. The Labute approximate surface area is 129 Å². The van der Waals surface area contributed by atoms with Crippen molar-refractivity contribution in [3.63, 3.8) is 0 Å². The van der Waals surface area contributed by atoms with E-state index < -0.39 is 11.9 Å². The lowest BCUT2D eigenvalue weighted by molar-refractivity contribution is -0.159. The van der Waals surface area contributed by atoms with Crippen LogP contribution < -0.4 is 5.32 Å². The zero-order chi connectivity index (χ0) is 16.5. The molecule has 1 atom stereocenters. The van der Waals surface area contributed by atoms with Gasteiger partial charge in [-0.2, -0.15) is 0 Å². The van der Waals surface area contributed by atoms with Crippen LogP contribution in [0.4, 0.5) is 0 Å². The van der Waals surface area contributed by atoms with Gasteiger partial charge in [0.15, 0.2) is 0 Å². The smallest absolute Gasteiger partial charge is 0.414 e. The average Bonchev–Trinajstić information content (AvgIpc) is 3.23. The Kier molecular flexibility index (Phi) is 7.83. The third-order valence-corrected chi connectivity index (χ3v) is 3.50. The molecule has 3 N–H and O–H groups in total. The first-order valence-electron chi connectivity index (χ1n) is 7.39. The summed E-state index contributed by atoms with van der Waals surface area (Å²) in [5.74, 6) is -2.85. The van der Waals surface area contributed by atoms with Crippen molar-refractivity contribution in [2.45, 2.75) is 31.7 Å². The van der Waals surface area contributed by atoms with Gasteiger partial charge in [0.05, 0.1) is 13.2 Å². The van der Waals surface area contributed by atoms with E-state index in [1.54, 1.807) is 7.11 Å². The van der Waals surface area contributed by atoms with Gasteiger partial charge in [0.2, 0.25) is 5.91 Å². The van der Waals surface area contributed by atoms with E-state index in [-0.39, 0.29) is 5.91 Å². The Balaban J connectivity index is 0.000000346. The van der Waals surface area contributed by atoms with Gasteiger partial charge in [-0.3, -0.25) is 9.69 Å². The van der Waals surface area contributed by atoms with E-state index in [2.05, 4.69) is 10.2 Å².